The van der Waals surface area contributed by atoms with Crippen molar-refractivity contribution in [2.75, 3.05) is 0 Å². The molecule has 2 aromatic rings. The van der Waals surface area contributed by atoms with Crippen LogP contribution in [0, 0.1) is 0 Å². The summed E-state index contributed by atoms with van der Waals surface area (Å²) in [6.45, 7) is 2.81. The lowest BCUT2D eigenvalue weighted by Gasteiger charge is -2.17. The Bertz CT molecular complexity index is 458. The van der Waals surface area contributed by atoms with Gasteiger partial charge in [-0.1, -0.05) is 36.4 Å². The number of aliphatic hydroxyl groups excluding tert-OH is 1. The minimum atomic E-state index is -0.449. The van der Waals surface area contributed by atoms with Crippen molar-refractivity contribution >= 4 is 0 Å². The van der Waals surface area contributed by atoms with Crippen LogP contribution in [0.5, 0.6) is 0 Å². The normalized spacial score (nSPS) is 14.1. The molecule has 0 saturated heterocycles. The molecule has 3 N–H and O–H groups in total. The Kier molecular flexibility index (Phi) is 4.45. The van der Waals surface area contributed by atoms with Crippen LogP contribution >= 0.6 is 0 Å². The van der Waals surface area contributed by atoms with Gasteiger partial charge in [0.25, 0.3) is 0 Å². The number of hydrogen-bond donors (Lipinski definition) is 2. The molecule has 0 aliphatic heterocycles. The fourth-order valence-corrected chi connectivity index (χ4v) is 1.91. The van der Waals surface area contributed by atoms with Gasteiger partial charge in [-0.15, -0.1) is 0 Å². The number of pyridine rings is 1. The topological polar surface area (TPSA) is 49.7 Å². The van der Waals surface area contributed by atoms with Crippen LogP contribution in [-0.2, 0) is 6.54 Å². The minimum absolute atomic E-state index is 0.106. The average Bonchev–Trinajstić information content (AvgIpc) is 2.46. The molecule has 94 valence electrons. The fraction of sp³-hybridized carbons (Fsp3) is 0.267. The summed E-state index contributed by atoms with van der Waals surface area (Å²) in [4.78, 5) is 4.27. The van der Waals surface area contributed by atoms with Gasteiger partial charge in [0.1, 0.15) is 18.7 Å². The van der Waals surface area contributed by atoms with Crippen molar-refractivity contribution in [3.8, 4) is 0 Å². The second kappa shape index (κ2) is 6.28. The van der Waals surface area contributed by atoms with Crippen LogP contribution in [0.4, 0.5) is 0 Å². The molecule has 0 spiro atoms. The average molecular weight is 243 g/mol. The first-order chi connectivity index (χ1) is 8.77. The van der Waals surface area contributed by atoms with Crippen LogP contribution in [0.25, 0.3) is 0 Å². The van der Waals surface area contributed by atoms with Crippen LogP contribution in [0.3, 0.4) is 0 Å². The summed E-state index contributed by atoms with van der Waals surface area (Å²) in [5.74, 6) is 0. The van der Waals surface area contributed by atoms with Crippen molar-refractivity contribution in [3.05, 3.63) is 66.0 Å². The monoisotopic (exact) mass is 243 g/mol. The Labute approximate surface area is 108 Å². The fourth-order valence-electron chi connectivity index (χ4n) is 1.91. The lowest BCUT2D eigenvalue weighted by Crippen LogP contribution is -2.89. The highest BCUT2D eigenvalue weighted by molar-refractivity contribution is 5.17. The van der Waals surface area contributed by atoms with Crippen molar-refractivity contribution in [1.82, 2.24) is 4.98 Å². The number of hydrogen-bond acceptors (Lipinski definition) is 2. The first kappa shape index (κ1) is 12.7. The maximum Gasteiger partial charge on any atom is 0.130 e. The summed E-state index contributed by atoms with van der Waals surface area (Å²) in [5, 5.41) is 12.3. The molecule has 3 nitrogen and oxygen atoms in total. The van der Waals surface area contributed by atoms with E-state index in [2.05, 4.69) is 10.3 Å². The van der Waals surface area contributed by atoms with Gasteiger partial charge in [-0.25, -0.2) is 0 Å². The van der Waals surface area contributed by atoms with E-state index in [-0.39, 0.29) is 6.04 Å². The van der Waals surface area contributed by atoms with Gasteiger partial charge < -0.3 is 10.4 Å². The second-order valence-electron chi connectivity index (χ2n) is 4.48. The predicted octanol–water partition coefficient (Wildman–Crippen LogP) is 1.27. The van der Waals surface area contributed by atoms with E-state index in [4.69, 9.17) is 0 Å². The van der Waals surface area contributed by atoms with Crippen LogP contribution in [-0.4, -0.2) is 16.1 Å². The summed E-state index contributed by atoms with van der Waals surface area (Å²) < 4.78 is 0. The standard InChI is InChI=1S/C15H18N2O/c1-12(15(18)13-7-3-2-4-8-13)17-11-14-9-5-6-10-16-14/h2-10,12,15,17-18H,11H2,1H3/p+1/t12-,15+/m1/s1. The molecule has 0 radical (unpaired) electrons. The zero-order chi connectivity index (χ0) is 12.8. The molecular weight excluding hydrogens is 224 g/mol. The Morgan fingerprint density at radius 2 is 1.83 bits per heavy atom. The molecule has 0 aliphatic carbocycles. The minimum Gasteiger partial charge on any atom is -0.382 e. The zero-order valence-corrected chi connectivity index (χ0v) is 10.5. The highest BCUT2D eigenvalue weighted by Crippen LogP contribution is 2.13. The van der Waals surface area contributed by atoms with E-state index in [1.165, 1.54) is 0 Å². The van der Waals surface area contributed by atoms with E-state index >= 15 is 0 Å². The highest BCUT2D eigenvalue weighted by Gasteiger charge is 2.18. The van der Waals surface area contributed by atoms with Gasteiger partial charge in [0.05, 0.1) is 5.69 Å². The SMILES string of the molecule is C[C@@H]([NH2+]Cc1ccccn1)[C@H](O)c1ccccc1. The Hall–Kier alpha value is -1.71. The summed E-state index contributed by atoms with van der Waals surface area (Å²) in [6.07, 6.45) is 1.34. The molecule has 0 bridgehead atoms. The number of nitrogens with two attached hydrogens (primary N) is 1. The van der Waals surface area contributed by atoms with Crippen molar-refractivity contribution in [2.24, 2.45) is 0 Å². The molecule has 0 fully saturated rings. The molecule has 1 aromatic heterocycles. The highest BCUT2D eigenvalue weighted by atomic mass is 16.3. The zero-order valence-electron chi connectivity index (χ0n) is 10.5. The molecule has 1 aromatic carbocycles. The molecular formula is C15H19N2O+. The molecule has 0 saturated carbocycles. The maximum absolute atomic E-state index is 10.2. The van der Waals surface area contributed by atoms with Crippen LogP contribution in [0.15, 0.2) is 54.7 Å². The number of aliphatic hydroxyl groups is 1. The van der Waals surface area contributed by atoms with Crippen LogP contribution < -0.4 is 5.32 Å². The first-order valence-electron chi connectivity index (χ1n) is 6.23. The van der Waals surface area contributed by atoms with Crippen LogP contribution in [0.2, 0.25) is 0 Å². The third kappa shape index (κ3) is 3.39. The third-order valence-corrected chi connectivity index (χ3v) is 3.06. The lowest BCUT2D eigenvalue weighted by molar-refractivity contribution is -0.709. The van der Waals surface area contributed by atoms with E-state index in [9.17, 15) is 5.11 Å². The lowest BCUT2D eigenvalue weighted by atomic mass is 10.0. The van der Waals surface area contributed by atoms with E-state index < -0.39 is 6.10 Å². The van der Waals surface area contributed by atoms with Gasteiger partial charge in [-0.05, 0) is 24.6 Å². The van der Waals surface area contributed by atoms with Crippen molar-refractivity contribution in [1.29, 1.82) is 0 Å². The van der Waals surface area contributed by atoms with E-state index in [1.54, 1.807) is 6.20 Å². The summed E-state index contributed by atoms with van der Waals surface area (Å²) in [6, 6.07) is 15.8. The maximum atomic E-state index is 10.2. The van der Waals surface area contributed by atoms with Gasteiger partial charge >= 0.3 is 0 Å². The Morgan fingerprint density at radius 3 is 2.50 bits per heavy atom. The molecule has 3 heteroatoms. The molecule has 2 rings (SSSR count). The molecule has 18 heavy (non-hydrogen) atoms. The Morgan fingerprint density at radius 1 is 1.11 bits per heavy atom. The van der Waals surface area contributed by atoms with Gasteiger partial charge in [0.2, 0.25) is 0 Å². The van der Waals surface area contributed by atoms with Crippen molar-refractivity contribution in [3.63, 3.8) is 0 Å². The largest absolute Gasteiger partial charge is 0.382 e. The number of rotatable bonds is 5. The van der Waals surface area contributed by atoms with E-state index in [0.717, 1.165) is 17.8 Å². The second-order valence-corrected chi connectivity index (χ2v) is 4.48. The van der Waals surface area contributed by atoms with E-state index in [1.807, 2.05) is 55.5 Å². The number of quaternary nitrogens is 1. The van der Waals surface area contributed by atoms with Gasteiger partial charge in [-0.3, -0.25) is 4.98 Å². The van der Waals surface area contributed by atoms with Crippen LogP contribution in [0.1, 0.15) is 24.3 Å². The molecule has 2 atom stereocenters. The number of nitrogens with zero attached hydrogens (tertiary/aromatic N) is 1. The summed E-state index contributed by atoms with van der Waals surface area (Å²) in [5.41, 5.74) is 1.99. The Balaban J connectivity index is 1.90. The molecule has 0 aliphatic rings. The molecule has 0 unspecified atom stereocenters. The van der Waals surface area contributed by atoms with Gasteiger partial charge in [0, 0.05) is 6.20 Å². The van der Waals surface area contributed by atoms with E-state index in [0.29, 0.717) is 0 Å². The van der Waals surface area contributed by atoms with Crippen molar-refractivity contribution in [2.45, 2.75) is 25.6 Å². The van der Waals surface area contributed by atoms with Crippen molar-refractivity contribution < 1.29 is 10.4 Å². The van der Waals surface area contributed by atoms with Gasteiger partial charge in [-0.2, -0.15) is 0 Å². The summed E-state index contributed by atoms with van der Waals surface area (Å²) in [7, 11) is 0. The predicted molar refractivity (Wildman–Crippen MR) is 70.7 cm³/mol. The number of benzene rings is 1. The first-order valence-corrected chi connectivity index (χ1v) is 6.23. The smallest absolute Gasteiger partial charge is 0.130 e. The quantitative estimate of drug-likeness (QED) is 0.831. The summed E-state index contributed by atoms with van der Waals surface area (Å²) >= 11 is 0. The van der Waals surface area contributed by atoms with Gasteiger partial charge in [0.15, 0.2) is 0 Å². The molecule has 0 amide bonds. The molecule has 1 heterocycles. The number of aromatic nitrogens is 1. The third-order valence-electron chi connectivity index (χ3n) is 3.06.